The van der Waals surface area contributed by atoms with Crippen LogP contribution in [0.1, 0.15) is 35.6 Å². The molecule has 3 heteroatoms. The number of hydrogen-bond donors (Lipinski definition) is 0. The summed E-state index contributed by atoms with van der Waals surface area (Å²) < 4.78 is 2.85. The average molecular weight is 262 g/mol. The highest BCUT2D eigenvalue weighted by Gasteiger charge is 2.26. The van der Waals surface area contributed by atoms with Crippen molar-refractivity contribution in [3.05, 3.63) is 18.2 Å². The summed E-state index contributed by atoms with van der Waals surface area (Å²) in [5.41, 5.74) is 0. The van der Waals surface area contributed by atoms with E-state index in [1.807, 2.05) is 6.20 Å². The predicted molar refractivity (Wildman–Crippen MR) is 52.9 cm³/mol. The molecule has 0 radical (unpaired) electrons. The van der Waals surface area contributed by atoms with Gasteiger partial charge in [-0.25, -0.2) is 4.98 Å². The van der Waals surface area contributed by atoms with E-state index in [-0.39, 0.29) is 0 Å². The minimum absolute atomic E-state index is 0.531. The zero-order valence-corrected chi connectivity index (χ0v) is 8.65. The highest BCUT2D eigenvalue weighted by atomic mass is 127. The molecule has 0 amide bonds. The Morgan fingerprint density at radius 2 is 2.45 bits per heavy atom. The molecule has 2 rings (SSSR count). The van der Waals surface area contributed by atoms with E-state index in [0.717, 1.165) is 6.04 Å². The summed E-state index contributed by atoms with van der Waals surface area (Å²) in [5.74, 6) is 1.23. The maximum absolute atomic E-state index is 4.33. The third-order valence-electron chi connectivity index (χ3n) is 1.99. The molecule has 0 saturated heterocycles. The standard InChI is InChI=1S/C8H11IN2/c1-6(9)8-10-4-5-11(8)7-2-3-7/h4-7H,2-3H2,1H3/t6-/m0/s1. The van der Waals surface area contributed by atoms with Gasteiger partial charge in [0.1, 0.15) is 5.82 Å². The molecule has 0 bridgehead atoms. The third kappa shape index (κ3) is 1.43. The van der Waals surface area contributed by atoms with Gasteiger partial charge in [0.05, 0.1) is 3.92 Å². The summed E-state index contributed by atoms with van der Waals surface area (Å²) in [6.45, 7) is 2.18. The smallest absolute Gasteiger partial charge is 0.121 e. The van der Waals surface area contributed by atoms with Gasteiger partial charge in [0, 0.05) is 18.4 Å². The minimum atomic E-state index is 0.531. The van der Waals surface area contributed by atoms with Crippen LogP contribution >= 0.6 is 22.6 Å². The van der Waals surface area contributed by atoms with Crippen LogP contribution in [-0.2, 0) is 0 Å². The number of halogens is 1. The lowest BCUT2D eigenvalue weighted by Crippen LogP contribution is -2.00. The van der Waals surface area contributed by atoms with E-state index in [4.69, 9.17) is 0 Å². The molecule has 60 valence electrons. The van der Waals surface area contributed by atoms with E-state index in [0.29, 0.717) is 3.92 Å². The number of imidazole rings is 1. The number of aromatic nitrogens is 2. The maximum Gasteiger partial charge on any atom is 0.121 e. The van der Waals surface area contributed by atoms with Crippen LogP contribution in [0.4, 0.5) is 0 Å². The fraction of sp³-hybridized carbons (Fsp3) is 0.625. The summed E-state index contributed by atoms with van der Waals surface area (Å²) in [7, 11) is 0. The van der Waals surface area contributed by atoms with Gasteiger partial charge in [-0.15, -0.1) is 0 Å². The first-order valence-corrected chi connectivity index (χ1v) is 5.20. The molecule has 1 heterocycles. The Balaban J connectivity index is 2.30. The normalized spacial score (nSPS) is 20.2. The van der Waals surface area contributed by atoms with Crippen molar-refractivity contribution in [3.63, 3.8) is 0 Å². The van der Waals surface area contributed by atoms with E-state index < -0.39 is 0 Å². The summed E-state index contributed by atoms with van der Waals surface area (Å²) in [4.78, 5) is 4.33. The van der Waals surface area contributed by atoms with Crippen molar-refractivity contribution in [2.45, 2.75) is 29.7 Å². The number of nitrogens with zero attached hydrogens (tertiary/aromatic N) is 2. The minimum Gasteiger partial charge on any atom is -0.331 e. The molecule has 0 N–H and O–H groups in total. The fourth-order valence-corrected chi connectivity index (χ4v) is 1.78. The Labute approximate surface area is 80.2 Å². The second-order valence-corrected chi connectivity index (χ2v) is 4.91. The van der Waals surface area contributed by atoms with Crippen LogP contribution in [-0.4, -0.2) is 9.55 Å². The first-order chi connectivity index (χ1) is 5.29. The van der Waals surface area contributed by atoms with Crippen molar-refractivity contribution in [1.29, 1.82) is 0 Å². The van der Waals surface area contributed by atoms with Crippen LogP contribution in [0.3, 0.4) is 0 Å². The molecule has 0 unspecified atom stereocenters. The van der Waals surface area contributed by atoms with Gasteiger partial charge in [-0.3, -0.25) is 0 Å². The number of hydrogen-bond acceptors (Lipinski definition) is 1. The van der Waals surface area contributed by atoms with E-state index in [9.17, 15) is 0 Å². The highest BCUT2D eigenvalue weighted by Crippen LogP contribution is 2.37. The summed E-state index contributed by atoms with van der Waals surface area (Å²) in [6.07, 6.45) is 6.68. The zero-order valence-electron chi connectivity index (χ0n) is 6.50. The quantitative estimate of drug-likeness (QED) is 0.592. The van der Waals surface area contributed by atoms with Gasteiger partial charge in [0.2, 0.25) is 0 Å². The molecule has 1 atom stereocenters. The Morgan fingerprint density at radius 3 is 3.00 bits per heavy atom. The highest BCUT2D eigenvalue weighted by molar-refractivity contribution is 14.1. The molecule has 1 saturated carbocycles. The summed E-state index contributed by atoms with van der Waals surface area (Å²) >= 11 is 2.41. The van der Waals surface area contributed by atoms with Gasteiger partial charge in [0.25, 0.3) is 0 Å². The fourth-order valence-electron chi connectivity index (χ4n) is 1.29. The molecule has 1 aromatic rings. The van der Waals surface area contributed by atoms with Crippen molar-refractivity contribution < 1.29 is 0 Å². The topological polar surface area (TPSA) is 17.8 Å². The number of alkyl halides is 1. The first kappa shape index (κ1) is 7.58. The Kier molecular flexibility index (Phi) is 1.91. The summed E-state index contributed by atoms with van der Waals surface area (Å²) in [6, 6.07) is 0.768. The lowest BCUT2D eigenvalue weighted by atomic mass is 10.4. The molecule has 11 heavy (non-hydrogen) atoms. The van der Waals surface area contributed by atoms with Gasteiger partial charge in [-0.1, -0.05) is 22.6 Å². The van der Waals surface area contributed by atoms with Crippen LogP contribution in [0.2, 0.25) is 0 Å². The third-order valence-corrected chi connectivity index (χ3v) is 2.55. The van der Waals surface area contributed by atoms with E-state index in [1.165, 1.54) is 18.7 Å². The molecule has 1 fully saturated rings. The Bertz CT molecular complexity index is 234. The molecule has 2 nitrogen and oxygen atoms in total. The Hall–Kier alpha value is -0.0600. The molecular weight excluding hydrogens is 251 g/mol. The first-order valence-electron chi connectivity index (χ1n) is 3.96. The SMILES string of the molecule is C[C@H](I)c1nccn1C1CC1. The lowest BCUT2D eigenvalue weighted by Gasteiger charge is -2.06. The molecule has 1 aliphatic carbocycles. The second kappa shape index (κ2) is 2.77. The largest absolute Gasteiger partial charge is 0.331 e. The second-order valence-electron chi connectivity index (χ2n) is 3.04. The van der Waals surface area contributed by atoms with Gasteiger partial charge in [-0.05, 0) is 19.8 Å². The Morgan fingerprint density at radius 1 is 1.73 bits per heavy atom. The van der Waals surface area contributed by atoms with E-state index in [1.54, 1.807) is 0 Å². The van der Waals surface area contributed by atoms with Crippen molar-refractivity contribution in [3.8, 4) is 0 Å². The van der Waals surface area contributed by atoms with Crippen LogP contribution in [0, 0.1) is 0 Å². The molecule has 1 aromatic heterocycles. The number of rotatable bonds is 2. The van der Waals surface area contributed by atoms with Crippen molar-refractivity contribution in [2.75, 3.05) is 0 Å². The lowest BCUT2D eigenvalue weighted by molar-refractivity contribution is 0.689. The van der Waals surface area contributed by atoms with E-state index >= 15 is 0 Å². The predicted octanol–water partition coefficient (Wildman–Crippen LogP) is 2.71. The maximum atomic E-state index is 4.33. The van der Waals surface area contributed by atoms with Gasteiger partial charge in [0.15, 0.2) is 0 Å². The van der Waals surface area contributed by atoms with E-state index in [2.05, 4.69) is 45.3 Å². The van der Waals surface area contributed by atoms with Crippen LogP contribution in [0.15, 0.2) is 12.4 Å². The van der Waals surface area contributed by atoms with Crippen molar-refractivity contribution >= 4 is 22.6 Å². The van der Waals surface area contributed by atoms with Gasteiger partial charge in [-0.2, -0.15) is 0 Å². The van der Waals surface area contributed by atoms with Crippen LogP contribution in [0.5, 0.6) is 0 Å². The molecule has 1 aliphatic rings. The molecule has 0 spiro atoms. The van der Waals surface area contributed by atoms with Crippen molar-refractivity contribution in [1.82, 2.24) is 9.55 Å². The monoisotopic (exact) mass is 262 g/mol. The zero-order chi connectivity index (χ0) is 7.84. The summed E-state index contributed by atoms with van der Waals surface area (Å²) in [5, 5.41) is 0. The molecular formula is C8H11IN2. The van der Waals surface area contributed by atoms with Crippen LogP contribution < -0.4 is 0 Å². The van der Waals surface area contributed by atoms with Crippen LogP contribution in [0.25, 0.3) is 0 Å². The van der Waals surface area contributed by atoms with Gasteiger partial charge >= 0.3 is 0 Å². The average Bonchev–Trinajstić information content (AvgIpc) is 2.68. The molecule has 0 aliphatic heterocycles. The van der Waals surface area contributed by atoms with Gasteiger partial charge < -0.3 is 4.57 Å². The van der Waals surface area contributed by atoms with Crippen molar-refractivity contribution in [2.24, 2.45) is 0 Å². The molecule has 0 aromatic carbocycles.